The van der Waals surface area contributed by atoms with Crippen LogP contribution in [0.4, 0.5) is 4.79 Å². The number of ether oxygens (including phenoxy) is 2. The summed E-state index contributed by atoms with van der Waals surface area (Å²) in [6.07, 6.45) is -2.70. The van der Waals surface area contributed by atoms with Gasteiger partial charge < -0.3 is 19.7 Å². The van der Waals surface area contributed by atoms with Crippen molar-refractivity contribution in [3.8, 4) is 0 Å². The van der Waals surface area contributed by atoms with Crippen LogP contribution in [0.25, 0.3) is 0 Å². The maximum atomic E-state index is 10.7. The number of hydrogen-bond donors (Lipinski definition) is 2. The minimum Gasteiger partial charge on any atom is -0.479 e. The van der Waals surface area contributed by atoms with E-state index < -0.39 is 18.2 Å². The standard InChI is InChI=1S/C9H15NO6/c11-8(12)7(16-9(13)14)1-2-10-3-5-15-6-4-10/h7H,1-6H2,(H,11,12)(H,13,14). The van der Waals surface area contributed by atoms with Gasteiger partial charge in [0.15, 0.2) is 0 Å². The summed E-state index contributed by atoms with van der Waals surface area (Å²) >= 11 is 0. The van der Waals surface area contributed by atoms with E-state index in [-0.39, 0.29) is 6.42 Å². The normalized spacial score (nSPS) is 19.0. The minimum atomic E-state index is -1.56. The molecular weight excluding hydrogens is 218 g/mol. The first-order valence-electron chi connectivity index (χ1n) is 5.02. The predicted octanol–water partition coefficient (Wildman–Crippen LogP) is -0.143. The van der Waals surface area contributed by atoms with Gasteiger partial charge in [-0.3, -0.25) is 4.90 Å². The highest BCUT2D eigenvalue weighted by atomic mass is 16.7. The summed E-state index contributed by atoms with van der Waals surface area (Å²) in [6.45, 7) is 3.21. The van der Waals surface area contributed by atoms with Gasteiger partial charge in [-0.1, -0.05) is 0 Å². The Morgan fingerprint density at radius 3 is 2.44 bits per heavy atom. The minimum absolute atomic E-state index is 0.154. The zero-order valence-electron chi connectivity index (χ0n) is 8.79. The highest BCUT2D eigenvalue weighted by Crippen LogP contribution is 2.04. The first-order chi connectivity index (χ1) is 7.59. The van der Waals surface area contributed by atoms with E-state index in [4.69, 9.17) is 14.9 Å². The molecule has 0 aromatic rings. The lowest BCUT2D eigenvalue weighted by Crippen LogP contribution is -2.39. The molecule has 1 fully saturated rings. The van der Waals surface area contributed by atoms with Crippen LogP contribution in [0.15, 0.2) is 0 Å². The Labute approximate surface area is 92.6 Å². The molecule has 1 rings (SSSR count). The second-order valence-electron chi connectivity index (χ2n) is 3.45. The average molecular weight is 233 g/mol. The van der Waals surface area contributed by atoms with Crippen molar-refractivity contribution in [2.24, 2.45) is 0 Å². The second-order valence-corrected chi connectivity index (χ2v) is 3.45. The van der Waals surface area contributed by atoms with Crippen molar-refractivity contribution in [2.75, 3.05) is 32.8 Å². The molecule has 1 heterocycles. The van der Waals surface area contributed by atoms with Crippen molar-refractivity contribution in [3.63, 3.8) is 0 Å². The van der Waals surface area contributed by atoms with Gasteiger partial charge in [-0.15, -0.1) is 0 Å². The summed E-state index contributed by atoms with van der Waals surface area (Å²) in [7, 11) is 0. The topological polar surface area (TPSA) is 96.3 Å². The van der Waals surface area contributed by atoms with E-state index in [0.717, 1.165) is 13.1 Å². The molecule has 0 aromatic carbocycles. The molecule has 0 aromatic heterocycles. The molecular formula is C9H15NO6. The quantitative estimate of drug-likeness (QED) is 0.638. The van der Waals surface area contributed by atoms with Gasteiger partial charge in [-0.2, -0.15) is 0 Å². The van der Waals surface area contributed by atoms with Crippen LogP contribution in [0.2, 0.25) is 0 Å². The molecule has 1 saturated heterocycles. The average Bonchev–Trinajstić information content (AvgIpc) is 2.25. The van der Waals surface area contributed by atoms with Gasteiger partial charge in [-0.25, -0.2) is 9.59 Å². The van der Waals surface area contributed by atoms with Crippen molar-refractivity contribution < 1.29 is 29.3 Å². The Bertz CT molecular complexity index is 250. The van der Waals surface area contributed by atoms with Crippen LogP contribution in [0.1, 0.15) is 6.42 Å². The van der Waals surface area contributed by atoms with Crippen LogP contribution in [-0.2, 0) is 14.3 Å². The summed E-state index contributed by atoms with van der Waals surface area (Å²) in [5.74, 6) is -1.25. The number of morpholine rings is 1. The Kier molecular flexibility index (Phi) is 5.00. The van der Waals surface area contributed by atoms with Gasteiger partial charge in [0.25, 0.3) is 0 Å². The Morgan fingerprint density at radius 2 is 1.94 bits per heavy atom. The first-order valence-corrected chi connectivity index (χ1v) is 5.02. The van der Waals surface area contributed by atoms with Gasteiger partial charge in [-0.05, 0) is 0 Å². The number of rotatable bonds is 5. The lowest BCUT2D eigenvalue weighted by molar-refractivity contribution is -0.148. The lowest BCUT2D eigenvalue weighted by atomic mass is 10.2. The van der Waals surface area contributed by atoms with E-state index in [1.807, 2.05) is 4.90 Å². The molecule has 1 aliphatic rings. The van der Waals surface area contributed by atoms with Crippen LogP contribution in [0.3, 0.4) is 0 Å². The van der Waals surface area contributed by atoms with Crippen LogP contribution < -0.4 is 0 Å². The summed E-state index contributed by atoms with van der Waals surface area (Å²) in [5, 5.41) is 17.1. The van der Waals surface area contributed by atoms with Gasteiger partial charge in [0.05, 0.1) is 13.2 Å². The van der Waals surface area contributed by atoms with Crippen molar-refractivity contribution >= 4 is 12.1 Å². The van der Waals surface area contributed by atoms with Gasteiger partial charge in [0.1, 0.15) is 0 Å². The van der Waals surface area contributed by atoms with Crippen molar-refractivity contribution in [2.45, 2.75) is 12.5 Å². The smallest absolute Gasteiger partial charge is 0.479 e. The number of carbonyl (C=O) groups is 2. The molecule has 0 bridgehead atoms. The fourth-order valence-corrected chi connectivity index (χ4v) is 1.48. The first kappa shape index (κ1) is 12.7. The van der Waals surface area contributed by atoms with Gasteiger partial charge in [0, 0.05) is 26.1 Å². The maximum absolute atomic E-state index is 10.7. The molecule has 0 saturated carbocycles. The number of aliphatic carboxylic acids is 1. The van der Waals surface area contributed by atoms with Crippen molar-refractivity contribution in [1.82, 2.24) is 4.90 Å². The highest BCUT2D eigenvalue weighted by Gasteiger charge is 2.23. The summed E-state index contributed by atoms with van der Waals surface area (Å²) < 4.78 is 9.40. The van der Waals surface area contributed by atoms with E-state index in [2.05, 4.69) is 4.74 Å². The van der Waals surface area contributed by atoms with E-state index in [1.165, 1.54) is 0 Å². The zero-order valence-corrected chi connectivity index (χ0v) is 8.79. The fourth-order valence-electron chi connectivity index (χ4n) is 1.48. The molecule has 1 atom stereocenters. The van der Waals surface area contributed by atoms with Crippen LogP contribution in [0.5, 0.6) is 0 Å². The van der Waals surface area contributed by atoms with Crippen LogP contribution >= 0.6 is 0 Å². The molecule has 0 spiro atoms. The SMILES string of the molecule is O=C(O)OC(CCN1CCOCC1)C(=O)O. The maximum Gasteiger partial charge on any atom is 0.506 e. The third-order valence-electron chi connectivity index (χ3n) is 2.33. The third kappa shape index (κ3) is 4.45. The number of carboxylic acids is 1. The predicted molar refractivity (Wildman–Crippen MR) is 52.4 cm³/mol. The summed E-state index contributed by atoms with van der Waals surface area (Å²) in [5.41, 5.74) is 0. The molecule has 7 heteroatoms. The molecule has 0 radical (unpaired) electrons. The second kappa shape index (κ2) is 6.29. The zero-order chi connectivity index (χ0) is 12.0. The van der Waals surface area contributed by atoms with E-state index in [9.17, 15) is 9.59 Å². The number of carboxylic acid groups (broad SMARTS) is 2. The van der Waals surface area contributed by atoms with E-state index in [1.54, 1.807) is 0 Å². The number of nitrogens with zero attached hydrogens (tertiary/aromatic N) is 1. The Balaban J connectivity index is 2.30. The molecule has 2 N–H and O–H groups in total. The van der Waals surface area contributed by atoms with E-state index >= 15 is 0 Å². The van der Waals surface area contributed by atoms with E-state index in [0.29, 0.717) is 19.8 Å². The van der Waals surface area contributed by atoms with Gasteiger partial charge >= 0.3 is 12.1 Å². The van der Waals surface area contributed by atoms with Crippen molar-refractivity contribution in [3.05, 3.63) is 0 Å². The Morgan fingerprint density at radius 1 is 1.31 bits per heavy atom. The summed E-state index contributed by atoms with van der Waals surface area (Å²) in [6, 6.07) is 0. The van der Waals surface area contributed by atoms with Crippen molar-refractivity contribution in [1.29, 1.82) is 0 Å². The van der Waals surface area contributed by atoms with Crippen LogP contribution in [0, 0.1) is 0 Å². The third-order valence-corrected chi connectivity index (χ3v) is 2.33. The molecule has 1 unspecified atom stereocenters. The highest BCUT2D eigenvalue weighted by molar-refractivity contribution is 5.75. The Hall–Kier alpha value is -1.34. The monoisotopic (exact) mass is 233 g/mol. The molecule has 0 amide bonds. The molecule has 92 valence electrons. The molecule has 16 heavy (non-hydrogen) atoms. The number of hydrogen-bond acceptors (Lipinski definition) is 5. The molecule has 0 aliphatic carbocycles. The van der Waals surface area contributed by atoms with Gasteiger partial charge in [0.2, 0.25) is 6.10 Å². The molecule has 7 nitrogen and oxygen atoms in total. The van der Waals surface area contributed by atoms with Crippen LogP contribution in [-0.4, -0.2) is 66.2 Å². The summed E-state index contributed by atoms with van der Waals surface area (Å²) in [4.78, 5) is 22.9. The molecule has 1 aliphatic heterocycles. The largest absolute Gasteiger partial charge is 0.506 e. The fraction of sp³-hybridized carbons (Fsp3) is 0.778. The lowest BCUT2D eigenvalue weighted by Gasteiger charge is -2.27.